The van der Waals surface area contributed by atoms with Crippen LogP contribution >= 0.6 is 0 Å². The average Bonchev–Trinajstić information content (AvgIpc) is 2.37. The van der Waals surface area contributed by atoms with E-state index < -0.39 is 20.1 Å². The van der Waals surface area contributed by atoms with E-state index in [0.29, 0.717) is 5.69 Å². The number of hydrogen-bond acceptors (Lipinski definition) is 5. The molecule has 0 amide bonds. The molecule has 0 spiro atoms. The van der Waals surface area contributed by atoms with Gasteiger partial charge in [-0.25, -0.2) is 8.42 Å². The van der Waals surface area contributed by atoms with Gasteiger partial charge < -0.3 is 5.73 Å². The van der Waals surface area contributed by atoms with E-state index in [9.17, 15) is 16.8 Å². The summed E-state index contributed by atoms with van der Waals surface area (Å²) in [7, 11) is -8.15. The highest BCUT2D eigenvalue weighted by atomic mass is 32.2. The lowest BCUT2D eigenvalue weighted by Gasteiger charge is -2.10. The van der Waals surface area contributed by atoms with Crippen molar-refractivity contribution in [3.8, 4) is 0 Å². The molecular formula is C13H14N2O5S2. The summed E-state index contributed by atoms with van der Waals surface area (Å²) >= 11 is 0. The Morgan fingerprint density at radius 3 is 2.09 bits per heavy atom. The Balaban J connectivity index is 2.35. The molecule has 0 aromatic heterocycles. The number of hydrogen-bond donors (Lipinski definition) is 3. The summed E-state index contributed by atoms with van der Waals surface area (Å²) in [5.41, 5.74) is 6.35. The molecule has 0 saturated heterocycles. The predicted octanol–water partition coefficient (Wildman–Crippen LogP) is 1.62. The van der Waals surface area contributed by atoms with E-state index in [4.69, 9.17) is 10.3 Å². The van der Waals surface area contributed by atoms with Crippen molar-refractivity contribution in [3.05, 3.63) is 48.0 Å². The van der Waals surface area contributed by atoms with E-state index in [-0.39, 0.29) is 21.0 Å². The van der Waals surface area contributed by atoms with E-state index in [1.54, 1.807) is 0 Å². The maximum absolute atomic E-state index is 12.2. The lowest BCUT2D eigenvalue weighted by Crippen LogP contribution is -2.13. The van der Waals surface area contributed by atoms with Crippen molar-refractivity contribution < 1.29 is 21.4 Å². The van der Waals surface area contributed by atoms with Crippen molar-refractivity contribution >= 4 is 31.5 Å². The number of nitrogen functional groups attached to an aromatic ring is 1. The second-order valence-corrected chi connectivity index (χ2v) is 7.70. The lowest BCUT2D eigenvalue weighted by molar-refractivity contribution is 0.482. The predicted molar refractivity (Wildman–Crippen MR) is 82.7 cm³/mol. The second-order valence-electron chi connectivity index (χ2n) is 4.63. The van der Waals surface area contributed by atoms with Crippen molar-refractivity contribution in [1.82, 2.24) is 0 Å². The van der Waals surface area contributed by atoms with Crippen LogP contribution in [0.1, 0.15) is 5.56 Å². The summed E-state index contributed by atoms with van der Waals surface area (Å²) in [5, 5.41) is 0. The molecule has 0 atom stereocenters. The Kier molecular flexibility index (Phi) is 4.14. The number of aryl methyl sites for hydroxylation is 1. The highest BCUT2D eigenvalue weighted by Crippen LogP contribution is 2.22. The van der Waals surface area contributed by atoms with Crippen LogP contribution in [0.2, 0.25) is 0 Å². The van der Waals surface area contributed by atoms with E-state index in [2.05, 4.69) is 4.72 Å². The average molecular weight is 342 g/mol. The molecule has 0 aliphatic heterocycles. The standard InChI is InChI=1S/C13H14N2O5S2/c1-9-8-11(4-7-13(9)22(18,19)20)15-21(16,17)12-5-2-10(14)3-6-12/h2-8,15H,14H2,1H3,(H,18,19,20). The molecule has 2 aromatic carbocycles. The van der Waals surface area contributed by atoms with Crippen LogP contribution in [0.5, 0.6) is 0 Å². The molecule has 0 unspecified atom stereocenters. The van der Waals surface area contributed by atoms with Gasteiger partial charge in [-0.3, -0.25) is 9.27 Å². The number of nitrogens with two attached hydrogens (primary N) is 1. The highest BCUT2D eigenvalue weighted by molar-refractivity contribution is 7.92. The van der Waals surface area contributed by atoms with Crippen molar-refractivity contribution in [2.75, 3.05) is 10.5 Å². The second kappa shape index (κ2) is 5.59. The van der Waals surface area contributed by atoms with Gasteiger partial charge in [0.2, 0.25) is 0 Å². The van der Waals surface area contributed by atoms with Crippen LogP contribution in [-0.4, -0.2) is 21.4 Å². The molecule has 0 radical (unpaired) electrons. The molecule has 0 aliphatic carbocycles. The Bertz CT molecular complexity index is 904. The fourth-order valence-electron chi connectivity index (χ4n) is 1.86. The first kappa shape index (κ1) is 16.3. The molecule has 0 bridgehead atoms. The van der Waals surface area contributed by atoms with Crippen LogP contribution in [0.4, 0.5) is 11.4 Å². The zero-order valence-electron chi connectivity index (χ0n) is 11.5. The fourth-order valence-corrected chi connectivity index (χ4v) is 3.62. The molecule has 0 saturated carbocycles. The first-order valence-electron chi connectivity index (χ1n) is 6.06. The minimum Gasteiger partial charge on any atom is -0.399 e. The lowest BCUT2D eigenvalue weighted by atomic mass is 10.2. The Hall–Kier alpha value is -2.10. The SMILES string of the molecule is Cc1cc(NS(=O)(=O)c2ccc(N)cc2)ccc1S(=O)(=O)O. The van der Waals surface area contributed by atoms with Crippen LogP contribution < -0.4 is 10.5 Å². The molecule has 9 heteroatoms. The zero-order chi connectivity index (χ0) is 16.5. The molecule has 0 fully saturated rings. The summed E-state index contributed by atoms with van der Waals surface area (Å²) in [6.45, 7) is 1.45. The number of anilines is 2. The molecule has 0 heterocycles. The molecule has 0 aliphatic rings. The van der Waals surface area contributed by atoms with Crippen LogP contribution in [0, 0.1) is 6.92 Å². The third-order valence-corrected chi connectivity index (χ3v) is 5.31. The monoisotopic (exact) mass is 342 g/mol. The van der Waals surface area contributed by atoms with Gasteiger partial charge in [-0.1, -0.05) is 0 Å². The van der Waals surface area contributed by atoms with E-state index in [1.807, 2.05) is 0 Å². The summed E-state index contributed by atoms with van der Waals surface area (Å²) in [6, 6.07) is 9.34. The van der Waals surface area contributed by atoms with Crippen LogP contribution in [0.25, 0.3) is 0 Å². The molecule has 2 rings (SSSR count). The van der Waals surface area contributed by atoms with Crippen LogP contribution in [0.3, 0.4) is 0 Å². The zero-order valence-corrected chi connectivity index (χ0v) is 13.1. The van der Waals surface area contributed by atoms with Gasteiger partial charge in [-0.05, 0) is 55.0 Å². The van der Waals surface area contributed by atoms with Crippen LogP contribution in [-0.2, 0) is 20.1 Å². The Labute approximate surface area is 128 Å². The maximum Gasteiger partial charge on any atom is 0.294 e. The smallest absolute Gasteiger partial charge is 0.294 e. The number of benzene rings is 2. The Morgan fingerprint density at radius 1 is 1.00 bits per heavy atom. The normalized spacial score (nSPS) is 12.1. The first-order valence-corrected chi connectivity index (χ1v) is 8.98. The van der Waals surface area contributed by atoms with E-state index in [1.165, 1.54) is 43.3 Å². The van der Waals surface area contributed by atoms with Crippen molar-refractivity contribution in [1.29, 1.82) is 0 Å². The summed E-state index contributed by atoms with van der Waals surface area (Å²) < 4.78 is 57.9. The highest BCUT2D eigenvalue weighted by Gasteiger charge is 2.17. The molecule has 2 aromatic rings. The van der Waals surface area contributed by atoms with Gasteiger partial charge in [-0.2, -0.15) is 8.42 Å². The van der Waals surface area contributed by atoms with Gasteiger partial charge in [0.1, 0.15) is 0 Å². The first-order chi connectivity index (χ1) is 10.1. The minimum absolute atomic E-state index is 0.0261. The van der Waals surface area contributed by atoms with Gasteiger partial charge in [0.25, 0.3) is 20.1 Å². The van der Waals surface area contributed by atoms with E-state index in [0.717, 1.165) is 6.07 Å². The van der Waals surface area contributed by atoms with Gasteiger partial charge in [-0.15, -0.1) is 0 Å². The quantitative estimate of drug-likeness (QED) is 0.572. The van der Waals surface area contributed by atoms with Gasteiger partial charge >= 0.3 is 0 Å². The summed E-state index contributed by atoms with van der Waals surface area (Å²) in [4.78, 5) is -0.249. The molecular weight excluding hydrogens is 328 g/mol. The number of rotatable bonds is 4. The largest absolute Gasteiger partial charge is 0.399 e. The van der Waals surface area contributed by atoms with Crippen molar-refractivity contribution in [2.45, 2.75) is 16.7 Å². The fraction of sp³-hybridized carbons (Fsp3) is 0.0769. The Morgan fingerprint density at radius 2 is 1.59 bits per heavy atom. The number of sulfonamides is 1. The van der Waals surface area contributed by atoms with Gasteiger partial charge in [0.05, 0.1) is 9.79 Å². The third kappa shape index (κ3) is 3.56. The summed E-state index contributed by atoms with van der Waals surface area (Å²) in [5.74, 6) is 0. The molecule has 22 heavy (non-hydrogen) atoms. The molecule has 4 N–H and O–H groups in total. The van der Waals surface area contributed by atoms with Gasteiger partial charge in [0, 0.05) is 11.4 Å². The summed E-state index contributed by atoms with van der Waals surface area (Å²) in [6.07, 6.45) is 0. The van der Waals surface area contributed by atoms with Crippen LogP contribution in [0.15, 0.2) is 52.3 Å². The van der Waals surface area contributed by atoms with Crippen molar-refractivity contribution in [3.63, 3.8) is 0 Å². The van der Waals surface area contributed by atoms with Crippen molar-refractivity contribution in [2.24, 2.45) is 0 Å². The maximum atomic E-state index is 12.2. The topological polar surface area (TPSA) is 127 Å². The van der Waals surface area contributed by atoms with Gasteiger partial charge in [0.15, 0.2) is 0 Å². The number of nitrogens with one attached hydrogen (secondary N) is 1. The molecule has 118 valence electrons. The third-order valence-electron chi connectivity index (χ3n) is 2.90. The molecule has 7 nitrogen and oxygen atoms in total. The van der Waals surface area contributed by atoms with E-state index >= 15 is 0 Å². The minimum atomic E-state index is -4.34.